The SMILES string of the molecule is Cc1cc(N[C@H]2CCCCC/C=C\[C@@H]3C[C@@]3(C(=O)NS(=O)(=O)C3(C)CC3)CC(=O)[C@@H]3C[C@@H](OC(=O)N4Cc5cccc(F)c5C4)CN3C2=O)ccc1F. The first-order valence-electron chi connectivity index (χ1n) is 18.5. The van der Waals surface area contributed by atoms with E-state index < -0.39 is 67.9 Å². The van der Waals surface area contributed by atoms with Crippen molar-refractivity contribution in [1.82, 2.24) is 14.5 Å². The summed E-state index contributed by atoms with van der Waals surface area (Å²) in [7, 11) is -3.97. The molecule has 5 atom stereocenters. The van der Waals surface area contributed by atoms with Gasteiger partial charge in [0.25, 0.3) is 0 Å². The van der Waals surface area contributed by atoms with Gasteiger partial charge in [-0.15, -0.1) is 0 Å². The van der Waals surface area contributed by atoms with Gasteiger partial charge < -0.3 is 15.0 Å². The quantitative estimate of drug-likeness (QED) is 0.361. The van der Waals surface area contributed by atoms with Crippen LogP contribution < -0.4 is 10.0 Å². The highest BCUT2D eigenvalue weighted by Crippen LogP contribution is 2.57. The Morgan fingerprint density at radius 2 is 1.81 bits per heavy atom. The third kappa shape index (κ3) is 7.43. The number of rotatable bonds is 6. The first kappa shape index (κ1) is 37.0. The van der Waals surface area contributed by atoms with Crippen LogP contribution in [0.3, 0.4) is 0 Å². The molecule has 2 aromatic rings. The number of nitrogens with zero attached hydrogens (tertiary/aromatic N) is 2. The van der Waals surface area contributed by atoms with Crippen LogP contribution >= 0.6 is 0 Å². The minimum atomic E-state index is -3.97. The molecule has 2 aliphatic carbocycles. The van der Waals surface area contributed by atoms with Gasteiger partial charge in [0, 0.05) is 30.6 Å². The van der Waals surface area contributed by atoms with Gasteiger partial charge in [0.15, 0.2) is 5.78 Å². The number of anilines is 1. The summed E-state index contributed by atoms with van der Waals surface area (Å²) in [6.45, 7) is 3.30. The molecular formula is C39H46F2N4O7S. The lowest BCUT2D eigenvalue weighted by Gasteiger charge is -2.30. The Labute approximate surface area is 308 Å². The molecule has 0 bridgehead atoms. The molecular weight excluding hydrogens is 707 g/mol. The molecule has 2 aromatic carbocycles. The van der Waals surface area contributed by atoms with E-state index in [2.05, 4.69) is 10.0 Å². The van der Waals surface area contributed by atoms with E-state index in [0.717, 1.165) is 19.3 Å². The topological polar surface area (TPSA) is 142 Å². The van der Waals surface area contributed by atoms with Gasteiger partial charge in [-0.25, -0.2) is 22.0 Å². The summed E-state index contributed by atoms with van der Waals surface area (Å²) in [4.78, 5) is 59.0. The van der Waals surface area contributed by atoms with Crippen molar-refractivity contribution in [1.29, 1.82) is 0 Å². The summed E-state index contributed by atoms with van der Waals surface area (Å²) in [5.41, 5.74) is 0.719. The van der Waals surface area contributed by atoms with Gasteiger partial charge in [-0.05, 0) is 93.7 Å². The highest BCUT2D eigenvalue weighted by atomic mass is 32.2. The van der Waals surface area contributed by atoms with Crippen LogP contribution in [0.2, 0.25) is 0 Å². The van der Waals surface area contributed by atoms with Gasteiger partial charge in [0.2, 0.25) is 21.8 Å². The number of halogens is 2. The zero-order valence-electron chi connectivity index (χ0n) is 30.0. The molecule has 0 spiro atoms. The van der Waals surface area contributed by atoms with E-state index in [9.17, 15) is 36.4 Å². The largest absolute Gasteiger partial charge is 0.444 e. The van der Waals surface area contributed by atoms with Crippen molar-refractivity contribution in [3.8, 4) is 0 Å². The van der Waals surface area contributed by atoms with Crippen molar-refractivity contribution >= 4 is 39.4 Å². The lowest BCUT2D eigenvalue weighted by atomic mass is 9.91. The first-order chi connectivity index (χ1) is 25.2. The van der Waals surface area contributed by atoms with E-state index in [1.165, 1.54) is 21.9 Å². The Morgan fingerprint density at radius 3 is 2.55 bits per heavy atom. The van der Waals surface area contributed by atoms with E-state index in [1.807, 2.05) is 12.2 Å². The molecule has 3 aliphatic heterocycles. The third-order valence-electron chi connectivity index (χ3n) is 11.8. The normalized spacial score (nSPS) is 28.8. The lowest BCUT2D eigenvalue weighted by molar-refractivity contribution is -0.139. The predicted molar refractivity (Wildman–Crippen MR) is 192 cm³/mol. The van der Waals surface area contributed by atoms with Crippen molar-refractivity contribution in [2.24, 2.45) is 11.3 Å². The van der Waals surface area contributed by atoms with Gasteiger partial charge in [0.1, 0.15) is 23.8 Å². The van der Waals surface area contributed by atoms with E-state index in [1.54, 1.807) is 38.1 Å². The minimum absolute atomic E-state index is 0.0239. The zero-order chi connectivity index (χ0) is 37.7. The van der Waals surface area contributed by atoms with E-state index in [4.69, 9.17) is 4.74 Å². The van der Waals surface area contributed by atoms with Crippen molar-refractivity contribution in [3.05, 3.63) is 76.9 Å². The number of benzene rings is 2. The smallest absolute Gasteiger partial charge is 0.410 e. The molecule has 1 saturated heterocycles. The fraction of sp³-hybridized carbons (Fsp3) is 0.538. The average molecular weight is 753 g/mol. The average Bonchev–Trinajstić information content (AvgIpc) is 3.90. The summed E-state index contributed by atoms with van der Waals surface area (Å²) in [6, 6.07) is 7.28. The number of Topliss-reactive ketones (excluding diaryl/α,β-unsaturated/α-hetero) is 1. The summed E-state index contributed by atoms with van der Waals surface area (Å²) in [5.74, 6) is -2.70. The van der Waals surface area contributed by atoms with Gasteiger partial charge in [0.05, 0.1) is 29.3 Å². The molecule has 0 aromatic heterocycles. The first-order valence-corrected chi connectivity index (χ1v) is 20.0. The minimum Gasteiger partial charge on any atom is -0.444 e. The number of carbonyl (C=O) groups is 4. The number of carbonyl (C=O) groups excluding carboxylic acids is 4. The van der Waals surface area contributed by atoms with E-state index in [-0.39, 0.29) is 50.6 Å². The fourth-order valence-corrected chi connectivity index (χ4v) is 9.28. The van der Waals surface area contributed by atoms with Gasteiger partial charge in [-0.2, -0.15) is 0 Å². The predicted octanol–water partition coefficient (Wildman–Crippen LogP) is 5.66. The number of aryl methyl sites for hydroxylation is 1. The van der Waals surface area contributed by atoms with Crippen molar-refractivity contribution in [2.75, 3.05) is 11.9 Å². The molecule has 0 unspecified atom stereocenters. The number of fused-ring (bicyclic) bond motifs is 3. The molecule has 3 heterocycles. The second-order valence-corrected chi connectivity index (χ2v) is 17.9. The summed E-state index contributed by atoms with van der Waals surface area (Å²) >= 11 is 0. The molecule has 2 N–H and O–H groups in total. The number of sulfonamides is 1. The molecule has 284 valence electrons. The highest BCUT2D eigenvalue weighted by Gasteiger charge is 2.62. The van der Waals surface area contributed by atoms with E-state index >= 15 is 0 Å². The Balaban J connectivity index is 1.16. The second-order valence-electron chi connectivity index (χ2n) is 15.7. The van der Waals surface area contributed by atoms with Gasteiger partial charge >= 0.3 is 6.09 Å². The van der Waals surface area contributed by atoms with Crippen molar-refractivity contribution < 1.29 is 41.1 Å². The van der Waals surface area contributed by atoms with Crippen LogP contribution in [0.25, 0.3) is 0 Å². The Morgan fingerprint density at radius 1 is 1.02 bits per heavy atom. The molecule has 53 heavy (non-hydrogen) atoms. The number of ketones is 1. The highest BCUT2D eigenvalue weighted by molar-refractivity contribution is 7.91. The van der Waals surface area contributed by atoms with Gasteiger partial charge in [-0.1, -0.05) is 37.1 Å². The molecule has 0 radical (unpaired) electrons. The van der Waals surface area contributed by atoms with E-state index in [0.29, 0.717) is 48.1 Å². The zero-order valence-corrected chi connectivity index (χ0v) is 30.9. The second kappa shape index (κ2) is 14.1. The molecule has 11 nitrogen and oxygen atoms in total. The Kier molecular flexibility index (Phi) is 9.88. The number of hydrogen-bond acceptors (Lipinski definition) is 8. The van der Waals surface area contributed by atoms with Crippen LogP contribution in [0.5, 0.6) is 0 Å². The Hall–Kier alpha value is -4.33. The number of ether oxygens (including phenoxy) is 1. The molecule has 7 rings (SSSR count). The van der Waals surface area contributed by atoms with Crippen LogP contribution in [-0.2, 0) is 42.2 Å². The summed E-state index contributed by atoms with van der Waals surface area (Å²) < 4.78 is 62.0. The van der Waals surface area contributed by atoms with Gasteiger partial charge in [-0.3, -0.25) is 24.0 Å². The molecule has 2 saturated carbocycles. The molecule has 3 amide bonds. The third-order valence-corrected chi connectivity index (χ3v) is 14.0. The van der Waals surface area contributed by atoms with Crippen LogP contribution in [0.15, 0.2) is 48.6 Å². The van der Waals surface area contributed by atoms with Crippen LogP contribution in [0.4, 0.5) is 19.3 Å². The summed E-state index contributed by atoms with van der Waals surface area (Å²) in [6.07, 6.45) is 6.57. The number of allylic oxidation sites excluding steroid dienone is 2. The van der Waals surface area contributed by atoms with Crippen molar-refractivity contribution in [3.63, 3.8) is 0 Å². The van der Waals surface area contributed by atoms with Crippen LogP contribution in [0.1, 0.15) is 87.8 Å². The number of nitrogens with one attached hydrogen (secondary N) is 2. The maximum Gasteiger partial charge on any atom is 0.410 e. The molecule has 14 heteroatoms. The fourth-order valence-electron chi connectivity index (χ4n) is 7.95. The number of amides is 3. The maximum absolute atomic E-state index is 14.5. The molecule has 3 fully saturated rings. The van der Waals surface area contributed by atoms with Crippen molar-refractivity contribution in [2.45, 2.75) is 114 Å². The standard InChI is InChI=1S/C39H46F2N4O7S/c1-24-17-27(13-14-30(24)40)42-32-12-7-5-3-4-6-10-26-19-39(26,36(48)43-53(50,51)38(2)15-16-38)20-34(46)33-18-28(22-45(33)35(32)47)52-37(49)44-21-25-9-8-11-31(41)29(25)23-44/h6,8-11,13-14,17,26,28,32-33,42H,3-5,7,12,15-16,18-23H2,1-2H3,(H,43,48)/b10-6-/t26-,28-,32+,33+,39-/m1/s1. The number of hydrogen-bond donors (Lipinski definition) is 2. The Bertz CT molecular complexity index is 1970. The maximum atomic E-state index is 14.5. The lowest BCUT2D eigenvalue weighted by Crippen LogP contribution is -2.49. The molecule has 5 aliphatic rings. The van der Waals surface area contributed by atoms with Crippen LogP contribution in [-0.4, -0.2) is 71.4 Å². The monoisotopic (exact) mass is 752 g/mol. The van der Waals surface area contributed by atoms with Crippen LogP contribution in [0, 0.1) is 29.9 Å². The summed E-state index contributed by atoms with van der Waals surface area (Å²) in [5, 5.41) is 3.26.